The third-order valence-electron chi connectivity index (χ3n) is 3.45. The SMILES string of the molecule is C[C@H](NC(=O)OCc1ccccc1)c1nc2ccccn2c1I. The van der Waals surface area contributed by atoms with Gasteiger partial charge in [0.25, 0.3) is 0 Å². The molecule has 1 amide bonds. The predicted octanol–water partition coefficient (Wildman–Crippen LogP) is 3.93. The number of benzene rings is 1. The lowest BCUT2D eigenvalue weighted by Crippen LogP contribution is -2.28. The predicted molar refractivity (Wildman–Crippen MR) is 96.1 cm³/mol. The maximum atomic E-state index is 12.0. The highest BCUT2D eigenvalue weighted by Gasteiger charge is 2.18. The van der Waals surface area contributed by atoms with Crippen molar-refractivity contribution in [3.05, 3.63) is 69.7 Å². The standard InChI is InChI=1S/C17H16IN3O2/c1-12(15-16(18)21-10-6-5-9-14(21)20-15)19-17(22)23-11-13-7-3-2-4-8-13/h2-10,12H,11H2,1H3,(H,19,22)/t12-/m0/s1. The zero-order chi connectivity index (χ0) is 16.2. The molecule has 0 aliphatic heterocycles. The third kappa shape index (κ3) is 3.64. The van der Waals surface area contributed by atoms with Crippen LogP contribution < -0.4 is 5.32 Å². The topological polar surface area (TPSA) is 55.6 Å². The molecule has 6 heteroatoms. The average molecular weight is 421 g/mol. The van der Waals surface area contributed by atoms with E-state index in [-0.39, 0.29) is 12.6 Å². The second kappa shape index (κ2) is 6.99. The molecule has 3 aromatic rings. The van der Waals surface area contributed by atoms with E-state index in [1.165, 1.54) is 0 Å². The minimum absolute atomic E-state index is 0.231. The fraction of sp³-hybridized carbons (Fsp3) is 0.176. The minimum Gasteiger partial charge on any atom is -0.445 e. The Kier molecular flexibility index (Phi) is 4.80. The Bertz CT molecular complexity index is 817. The van der Waals surface area contributed by atoms with Gasteiger partial charge in [-0.2, -0.15) is 0 Å². The van der Waals surface area contributed by atoms with Crippen molar-refractivity contribution in [1.29, 1.82) is 0 Å². The Balaban J connectivity index is 1.64. The van der Waals surface area contributed by atoms with E-state index in [4.69, 9.17) is 4.74 Å². The Labute approximate surface area is 147 Å². The molecule has 2 aromatic heterocycles. The maximum absolute atomic E-state index is 12.0. The van der Waals surface area contributed by atoms with Crippen LogP contribution >= 0.6 is 22.6 Å². The van der Waals surface area contributed by atoms with Gasteiger partial charge in [0.05, 0.1) is 11.7 Å². The molecule has 0 aliphatic carbocycles. The van der Waals surface area contributed by atoms with Crippen molar-refractivity contribution in [1.82, 2.24) is 14.7 Å². The van der Waals surface area contributed by atoms with Crippen molar-refractivity contribution in [2.45, 2.75) is 19.6 Å². The number of fused-ring (bicyclic) bond motifs is 1. The summed E-state index contributed by atoms with van der Waals surface area (Å²) >= 11 is 2.23. The van der Waals surface area contributed by atoms with E-state index in [9.17, 15) is 4.79 Å². The van der Waals surface area contributed by atoms with Crippen molar-refractivity contribution in [2.75, 3.05) is 0 Å². The van der Waals surface area contributed by atoms with Crippen LogP contribution in [0.1, 0.15) is 24.2 Å². The number of hydrogen-bond donors (Lipinski definition) is 1. The van der Waals surface area contributed by atoms with Gasteiger partial charge in [-0.3, -0.25) is 4.40 Å². The molecule has 5 nitrogen and oxygen atoms in total. The summed E-state index contributed by atoms with van der Waals surface area (Å²) in [7, 11) is 0. The number of nitrogens with zero attached hydrogens (tertiary/aromatic N) is 2. The third-order valence-corrected chi connectivity index (χ3v) is 4.53. The van der Waals surface area contributed by atoms with Crippen molar-refractivity contribution in [2.24, 2.45) is 0 Å². The number of nitrogens with one attached hydrogen (secondary N) is 1. The van der Waals surface area contributed by atoms with Crippen LogP contribution in [-0.4, -0.2) is 15.5 Å². The Morgan fingerprint density at radius 3 is 2.74 bits per heavy atom. The second-order valence-corrected chi connectivity index (χ2v) is 6.17. The number of pyridine rings is 1. The number of ether oxygens (including phenoxy) is 1. The van der Waals surface area contributed by atoms with Crippen LogP contribution in [0.2, 0.25) is 0 Å². The highest BCUT2D eigenvalue weighted by atomic mass is 127. The molecule has 118 valence electrons. The van der Waals surface area contributed by atoms with Crippen LogP contribution in [0.5, 0.6) is 0 Å². The van der Waals surface area contributed by atoms with Crippen molar-refractivity contribution < 1.29 is 9.53 Å². The van der Waals surface area contributed by atoms with Gasteiger partial charge in [0.15, 0.2) is 0 Å². The van der Waals surface area contributed by atoms with Crippen LogP contribution in [0, 0.1) is 3.70 Å². The molecule has 23 heavy (non-hydrogen) atoms. The van der Waals surface area contributed by atoms with Gasteiger partial charge >= 0.3 is 6.09 Å². The van der Waals surface area contributed by atoms with E-state index >= 15 is 0 Å². The van der Waals surface area contributed by atoms with E-state index in [0.717, 1.165) is 20.6 Å². The monoisotopic (exact) mass is 421 g/mol. The highest BCUT2D eigenvalue weighted by Crippen LogP contribution is 2.21. The first-order valence-electron chi connectivity index (χ1n) is 7.25. The molecule has 0 aliphatic rings. The molecule has 0 saturated carbocycles. The largest absolute Gasteiger partial charge is 0.445 e. The van der Waals surface area contributed by atoms with E-state index in [1.54, 1.807) is 0 Å². The number of alkyl carbamates (subject to hydrolysis) is 1. The lowest BCUT2D eigenvalue weighted by molar-refractivity contribution is 0.136. The summed E-state index contributed by atoms with van der Waals surface area (Å²) in [5, 5.41) is 2.83. The van der Waals surface area contributed by atoms with Gasteiger partial charge in [0.1, 0.15) is 16.0 Å². The van der Waals surface area contributed by atoms with Crippen molar-refractivity contribution >= 4 is 34.3 Å². The van der Waals surface area contributed by atoms with Gasteiger partial charge in [-0.15, -0.1) is 0 Å². The number of amides is 1. The number of rotatable bonds is 4. The van der Waals surface area contributed by atoms with E-state index in [2.05, 4.69) is 32.9 Å². The molecule has 0 fully saturated rings. The molecule has 0 radical (unpaired) electrons. The lowest BCUT2D eigenvalue weighted by atomic mass is 10.2. The van der Waals surface area contributed by atoms with Gasteiger partial charge in [0, 0.05) is 6.20 Å². The number of aromatic nitrogens is 2. The molecule has 1 N–H and O–H groups in total. The van der Waals surface area contributed by atoms with E-state index < -0.39 is 6.09 Å². The molecular weight excluding hydrogens is 405 g/mol. The summed E-state index contributed by atoms with van der Waals surface area (Å²) in [6, 6.07) is 15.2. The van der Waals surface area contributed by atoms with Gasteiger partial charge in [-0.05, 0) is 47.2 Å². The number of halogens is 1. The normalized spacial score (nSPS) is 12.1. The van der Waals surface area contributed by atoms with Crippen LogP contribution in [0.3, 0.4) is 0 Å². The molecule has 0 unspecified atom stereocenters. The van der Waals surface area contributed by atoms with Crippen LogP contribution in [0.4, 0.5) is 4.79 Å². The summed E-state index contributed by atoms with van der Waals surface area (Å²) in [5.74, 6) is 0. The van der Waals surface area contributed by atoms with Gasteiger partial charge in [-0.1, -0.05) is 36.4 Å². The van der Waals surface area contributed by atoms with Crippen molar-refractivity contribution in [3.63, 3.8) is 0 Å². The minimum atomic E-state index is -0.450. The van der Waals surface area contributed by atoms with Gasteiger partial charge in [-0.25, -0.2) is 9.78 Å². The van der Waals surface area contributed by atoms with Gasteiger partial charge in [0.2, 0.25) is 0 Å². The molecule has 0 spiro atoms. The van der Waals surface area contributed by atoms with E-state index in [0.29, 0.717) is 0 Å². The molecule has 2 heterocycles. The fourth-order valence-electron chi connectivity index (χ4n) is 2.27. The van der Waals surface area contributed by atoms with Crippen LogP contribution in [-0.2, 0) is 11.3 Å². The van der Waals surface area contributed by atoms with E-state index in [1.807, 2.05) is 66.1 Å². The number of imidazole rings is 1. The van der Waals surface area contributed by atoms with Crippen molar-refractivity contribution in [3.8, 4) is 0 Å². The molecule has 1 aromatic carbocycles. The van der Waals surface area contributed by atoms with Crippen LogP contribution in [0.25, 0.3) is 5.65 Å². The highest BCUT2D eigenvalue weighted by molar-refractivity contribution is 14.1. The zero-order valence-corrected chi connectivity index (χ0v) is 14.7. The molecule has 0 bridgehead atoms. The summed E-state index contributed by atoms with van der Waals surface area (Å²) in [6.45, 7) is 2.15. The number of carbonyl (C=O) groups excluding carboxylic acids is 1. The average Bonchev–Trinajstić information content (AvgIpc) is 2.91. The number of carbonyl (C=O) groups is 1. The molecule has 0 saturated heterocycles. The molecular formula is C17H16IN3O2. The summed E-state index contributed by atoms with van der Waals surface area (Å²) in [4.78, 5) is 16.5. The lowest BCUT2D eigenvalue weighted by Gasteiger charge is -2.12. The summed E-state index contributed by atoms with van der Waals surface area (Å²) < 4.78 is 8.22. The molecule has 1 atom stereocenters. The Morgan fingerprint density at radius 1 is 1.26 bits per heavy atom. The summed E-state index contributed by atoms with van der Waals surface area (Å²) in [5.41, 5.74) is 2.64. The smallest absolute Gasteiger partial charge is 0.407 e. The first kappa shape index (κ1) is 15.8. The first-order chi connectivity index (χ1) is 11.1. The van der Waals surface area contributed by atoms with Gasteiger partial charge < -0.3 is 10.1 Å². The second-order valence-electron chi connectivity index (χ2n) is 5.14. The Morgan fingerprint density at radius 2 is 2.00 bits per heavy atom. The fourth-order valence-corrected chi connectivity index (χ4v) is 3.27. The number of hydrogen-bond acceptors (Lipinski definition) is 3. The van der Waals surface area contributed by atoms with Crippen LogP contribution in [0.15, 0.2) is 54.7 Å². The zero-order valence-electron chi connectivity index (χ0n) is 12.6. The molecule has 3 rings (SSSR count). The maximum Gasteiger partial charge on any atom is 0.407 e. The first-order valence-corrected chi connectivity index (χ1v) is 8.32. The summed E-state index contributed by atoms with van der Waals surface area (Å²) in [6.07, 6.45) is 1.50. The Hall–Kier alpha value is -2.09. The quantitative estimate of drug-likeness (QED) is 0.650.